The van der Waals surface area contributed by atoms with Crippen LogP contribution in [0.3, 0.4) is 0 Å². The fourth-order valence-corrected chi connectivity index (χ4v) is 5.21. The first-order valence-corrected chi connectivity index (χ1v) is 13.1. The number of halogens is 1. The Balaban J connectivity index is 1.76. The smallest absolute Gasteiger partial charge is 0.269 e. The van der Waals surface area contributed by atoms with E-state index in [4.69, 9.17) is 28.6 Å². The number of carbonyl (C=O) groups excluding carboxylic acids is 1. The molecule has 0 bridgehead atoms. The summed E-state index contributed by atoms with van der Waals surface area (Å²) >= 11 is 12.8. The number of thioether (sulfide) groups is 1. The fourth-order valence-electron chi connectivity index (χ4n) is 3.81. The number of carbonyl (C=O) groups is 1. The van der Waals surface area contributed by atoms with Gasteiger partial charge in [0.25, 0.3) is 11.5 Å². The van der Waals surface area contributed by atoms with Crippen LogP contribution in [0.15, 0.2) is 46.2 Å². The SMILES string of the molecule is CCCCCCN1C(=O)/C(=C\c2c(Oc3ccc(Cl)c(C)c3)nc3c(C)cccn3c2=O)SC1=S. The maximum Gasteiger partial charge on any atom is 0.269 e. The Hall–Kier alpha value is -2.68. The Morgan fingerprint density at radius 1 is 1.14 bits per heavy atom. The summed E-state index contributed by atoms with van der Waals surface area (Å²) in [6.45, 7) is 6.46. The average molecular weight is 528 g/mol. The summed E-state index contributed by atoms with van der Waals surface area (Å²) in [4.78, 5) is 33.3. The van der Waals surface area contributed by atoms with Gasteiger partial charge in [-0.3, -0.25) is 18.9 Å². The summed E-state index contributed by atoms with van der Waals surface area (Å²) in [6.07, 6.45) is 7.37. The molecule has 0 unspecified atom stereocenters. The third-order valence-corrected chi connectivity index (χ3v) is 7.58. The van der Waals surface area contributed by atoms with E-state index in [0.717, 1.165) is 36.8 Å². The fraction of sp³-hybridized carbons (Fsp3) is 0.308. The molecule has 9 heteroatoms. The minimum absolute atomic E-state index is 0.124. The molecule has 2 aromatic heterocycles. The molecule has 0 N–H and O–H groups in total. The molecule has 1 saturated heterocycles. The molecule has 1 aliphatic heterocycles. The number of aryl methyl sites for hydroxylation is 2. The lowest BCUT2D eigenvalue weighted by molar-refractivity contribution is -0.122. The van der Waals surface area contributed by atoms with Crippen molar-refractivity contribution >= 4 is 57.5 Å². The van der Waals surface area contributed by atoms with E-state index in [1.165, 1.54) is 16.2 Å². The molecule has 0 spiro atoms. The van der Waals surface area contributed by atoms with Gasteiger partial charge in [-0.05, 0) is 61.7 Å². The number of benzene rings is 1. The molecule has 4 rings (SSSR count). The minimum Gasteiger partial charge on any atom is -0.438 e. The Bertz CT molecular complexity index is 1400. The topological polar surface area (TPSA) is 63.9 Å². The third kappa shape index (κ3) is 5.44. The number of thiocarbonyl (C=S) groups is 1. The molecule has 1 aliphatic rings. The van der Waals surface area contributed by atoms with Gasteiger partial charge in [0.05, 0.1) is 4.91 Å². The first-order chi connectivity index (χ1) is 16.8. The Kier molecular flexibility index (Phi) is 7.94. The van der Waals surface area contributed by atoms with Gasteiger partial charge < -0.3 is 4.74 Å². The van der Waals surface area contributed by atoms with Gasteiger partial charge in [0.15, 0.2) is 0 Å². The van der Waals surface area contributed by atoms with Crippen molar-refractivity contribution in [2.45, 2.75) is 46.5 Å². The van der Waals surface area contributed by atoms with E-state index in [0.29, 0.717) is 32.2 Å². The van der Waals surface area contributed by atoms with E-state index >= 15 is 0 Å². The van der Waals surface area contributed by atoms with Crippen LogP contribution in [-0.2, 0) is 4.79 Å². The number of aromatic nitrogens is 2. The molecular formula is C26H26ClN3O3S2. The van der Waals surface area contributed by atoms with E-state index in [1.54, 1.807) is 41.4 Å². The second-order valence-corrected chi connectivity index (χ2v) is 10.5. The molecule has 0 saturated carbocycles. The van der Waals surface area contributed by atoms with Crippen molar-refractivity contribution in [1.29, 1.82) is 0 Å². The van der Waals surface area contributed by atoms with E-state index in [9.17, 15) is 9.59 Å². The van der Waals surface area contributed by atoms with E-state index < -0.39 is 0 Å². The summed E-state index contributed by atoms with van der Waals surface area (Å²) in [5, 5.41) is 0.613. The van der Waals surface area contributed by atoms with E-state index in [1.807, 2.05) is 19.9 Å². The van der Waals surface area contributed by atoms with Gasteiger partial charge in [0, 0.05) is 17.8 Å². The third-order valence-electron chi connectivity index (χ3n) is 5.78. The second kappa shape index (κ2) is 10.9. The van der Waals surface area contributed by atoms with Crippen LogP contribution in [0, 0.1) is 13.8 Å². The van der Waals surface area contributed by atoms with Crippen LogP contribution in [-0.4, -0.2) is 31.1 Å². The van der Waals surface area contributed by atoms with E-state index in [2.05, 4.69) is 11.9 Å². The lowest BCUT2D eigenvalue weighted by Gasteiger charge is -2.14. The van der Waals surface area contributed by atoms with Crippen LogP contribution in [0.4, 0.5) is 0 Å². The Morgan fingerprint density at radius 3 is 2.69 bits per heavy atom. The number of ether oxygens (including phenoxy) is 1. The first-order valence-electron chi connectivity index (χ1n) is 11.5. The largest absolute Gasteiger partial charge is 0.438 e. The highest BCUT2D eigenvalue weighted by atomic mass is 35.5. The van der Waals surface area contributed by atoms with Crippen molar-refractivity contribution < 1.29 is 9.53 Å². The first kappa shape index (κ1) is 25.4. The minimum atomic E-state index is -0.326. The molecular weight excluding hydrogens is 502 g/mol. The van der Waals surface area contributed by atoms with Crippen molar-refractivity contribution in [3.63, 3.8) is 0 Å². The van der Waals surface area contributed by atoms with Gasteiger partial charge in [0.2, 0.25) is 5.88 Å². The van der Waals surface area contributed by atoms with Crippen LogP contribution >= 0.6 is 35.6 Å². The van der Waals surface area contributed by atoms with Crippen LogP contribution < -0.4 is 10.3 Å². The number of hydrogen-bond acceptors (Lipinski definition) is 6. The molecule has 0 atom stereocenters. The Labute approximate surface area is 219 Å². The standard InChI is InChI=1S/C26H26ClN3O3S2/c1-4-5-6-7-12-30-25(32)21(35-26(30)34)15-19-23(33-18-10-11-20(27)17(3)14-18)28-22-16(2)9-8-13-29(22)24(19)31/h8-11,13-15H,4-7,12H2,1-3H3/b21-15+. The summed E-state index contributed by atoms with van der Waals surface area (Å²) in [5.41, 5.74) is 2.01. The van der Waals surface area contributed by atoms with Gasteiger partial charge in [-0.1, -0.05) is 67.8 Å². The van der Waals surface area contributed by atoms with Gasteiger partial charge in [0.1, 0.15) is 21.3 Å². The van der Waals surface area contributed by atoms with Crippen LogP contribution in [0.1, 0.15) is 49.3 Å². The van der Waals surface area contributed by atoms with Crippen LogP contribution in [0.25, 0.3) is 11.7 Å². The molecule has 0 radical (unpaired) electrons. The monoisotopic (exact) mass is 527 g/mol. The van der Waals surface area contributed by atoms with Gasteiger partial charge in [-0.25, -0.2) is 0 Å². The summed E-state index contributed by atoms with van der Waals surface area (Å²) in [6, 6.07) is 8.89. The highest BCUT2D eigenvalue weighted by Gasteiger charge is 2.32. The zero-order chi connectivity index (χ0) is 25.1. The maximum absolute atomic E-state index is 13.5. The molecule has 1 fully saturated rings. The van der Waals surface area contributed by atoms with Crippen LogP contribution in [0.5, 0.6) is 11.6 Å². The normalized spacial score (nSPS) is 15.0. The zero-order valence-corrected chi connectivity index (χ0v) is 22.2. The van der Waals surface area contributed by atoms with Crippen molar-refractivity contribution in [2.24, 2.45) is 0 Å². The van der Waals surface area contributed by atoms with Gasteiger partial charge >= 0.3 is 0 Å². The number of pyridine rings is 1. The molecule has 1 aromatic carbocycles. The number of nitrogens with zero attached hydrogens (tertiary/aromatic N) is 3. The van der Waals surface area contributed by atoms with Gasteiger partial charge in [-0.2, -0.15) is 4.98 Å². The number of hydrogen-bond donors (Lipinski definition) is 0. The summed E-state index contributed by atoms with van der Waals surface area (Å²) in [7, 11) is 0. The molecule has 3 aromatic rings. The zero-order valence-electron chi connectivity index (χ0n) is 19.8. The average Bonchev–Trinajstić information content (AvgIpc) is 3.09. The quantitative estimate of drug-likeness (QED) is 0.188. The molecule has 35 heavy (non-hydrogen) atoms. The van der Waals surface area contributed by atoms with Crippen molar-refractivity contribution in [3.8, 4) is 11.6 Å². The molecule has 0 aliphatic carbocycles. The molecule has 1 amide bonds. The molecule has 6 nitrogen and oxygen atoms in total. The lowest BCUT2D eigenvalue weighted by atomic mass is 10.2. The lowest BCUT2D eigenvalue weighted by Crippen LogP contribution is -2.29. The van der Waals surface area contributed by atoms with Crippen molar-refractivity contribution in [2.75, 3.05) is 6.54 Å². The van der Waals surface area contributed by atoms with Crippen molar-refractivity contribution in [3.05, 3.63) is 73.5 Å². The Morgan fingerprint density at radius 2 is 1.94 bits per heavy atom. The van der Waals surface area contributed by atoms with E-state index in [-0.39, 0.29) is 22.9 Å². The maximum atomic E-state index is 13.5. The number of amides is 1. The highest BCUT2D eigenvalue weighted by molar-refractivity contribution is 8.26. The van der Waals surface area contributed by atoms with Crippen molar-refractivity contribution in [1.82, 2.24) is 14.3 Å². The second-order valence-electron chi connectivity index (χ2n) is 8.43. The predicted octanol–water partition coefficient (Wildman–Crippen LogP) is 6.54. The molecule has 182 valence electrons. The predicted molar refractivity (Wildman–Crippen MR) is 146 cm³/mol. The highest BCUT2D eigenvalue weighted by Crippen LogP contribution is 2.34. The molecule has 3 heterocycles. The van der Waals surface area contributed by atoms with Gasteiger partial charge in [-0.15, -0.1) is 0 Å². The number of rotatable bonds is 8. The summed E-state index contributed by atoms with van der Waals surface area (Å²) < 4.78 is 8.05. The summed E-state index contributed by atoms with van der Waals surface area (Å²) in [5.74, 6) is 0.424. The van der Waals surface area contributed by atoms with Crippen LogP contribution in [0.2, 0.25) is 5.02 Å². The number of fused-ring (bicyclic) bond motifs is 1. The number of unbranched alkanes of at least 4 members (excludes halogenated alkanes) is 3.